The van der Waals surface area contributed by atoms with Gasteiger partial charge in [0.2, 0.25) is 0 Å². The van der Waals surface area contributed by atoms with Crippen molar-refractivity contribution in [3.05, 3.63) is 81.4 Å². The van der Waals surface area contributed by atoms with Crippen molar-refractivity contribution in [2.24, 2.45) is 32.9 Å². The topological polar surface area (TPSA) is 415 Å². The molecule has 0 saturated carbocycles. The molecule has 2 heterocycles. The van der Waals surface area contributed by atoms with E-state index >= 15 is 0 Å². The van der Waals surface area contributed by atoms with Crippen molar-refractivity contribution in [3.8, 4) is 11.5 Å². The number of anilines is 4. The first-order valence-electron chi connectivity index (χ1n) is 20.4. The number of nitrogens with one attached hydrogen (secondary N) is 2. The summed E-state index contributed by atoms with van der Waals surface area (Å²) in [6.07, 6.45) is 5.64. The Kier molecular flexibility index (Phi) is 26.9. The zero-order valence-corrected chi connectivity index (χ0v) is 40.2. The number of aliphatic imine (C=N–C) groups is 2. The number of ether oxygens (including phenoxy) is 2. The molecular weight excluding hydrogens is 970 g/mol. The Morgan fingerprint density at radius 1 is 0.618 bits per heavy atom. The molecule has 0 spiro atoms. The quantitative estimate of drug-likeness (QED) is 0.0306. The molecule has 27 heteroatoms. The van der Waals surface area contributed by atoms with Crippen LogP contribution in [0.2, 0.25) is 10.3 Å². The monoisotopic (exact) mass is 1030 g/mol. The Balaban J connectivity index is 0.000000661. The van der Waals surface area contributed by atoms with Crippen LogP contribution in [-0.4, -0.2) is 98.9 Å². The average molecular weight is 1030 g/mol. The number of carboxylic acids is 1. The van der Waals surface area contributed by atoms with Crippen LogP contribution in [0.5, 0.6) is 11.5 Å². The van der Waals surface area contributed by atoms with Crippen molar-refractivity contribution in [1.82, 2.24) is 30.6 Å². The van der Waals surface area contributed by atoms with Crippen LogP contribution in [0.4, 0.5) is 23.3 Å². The van der Waals surface area contributed by atoms with E-state index in [4.69, 9.17) is 83.7 Å². The first-order chi connectivity index (χ1) is 31.3. The van der Waals surface area contributed by atoms with Gasteiger partial charge in [-0.1, -0.05) is 47.5 Å². The van der Waals surface area contributed by atoms with Crippen molar-refractivity contribution in [2.75, 3.05) is 49.2 Å². The number of nitrogens with zero attached hydrogens (tertiary/aromatic N) is 6. The normalized spacial score (nSPS) is 11.9. The van der Waals surface area contributed by atoms with Crippen LogP contribution in [0.15, 0.2) is 58.5 Å². The predicted octanol–water partition coefficient (Wildman–Crippen LogP) is 2.43. The molecule has 0 aliphatic carbocycles. The number of carbonyl (C=O) groups is 4. The highest BCUT2D eigenvalue weighted by Gasteiger charge is 2.18. The summed E-state index contributed by atoms with van der Waals surface area (Å²) >= 11 is 11.5. The summed E-state index contributed by atoms with van der Waals surface area (Å²) in [5.41, 5.74) is 46.7. The number of nitrogens with two attached hydrogens (primary N) is 8. The summed E-state index contributed by atoms with van der Waals surface area (Å²) in [6.45, 7) is 2.95. The van der Waals surface area contributed by atoms with E-state index in [1.165, 1.54) is 6.92 Å². The summed E-state index contributed by atoms with van der Waals surface area (Å²) in [6, 6.07) is 13.9. The highest BCUT2D eigenvalue weighted by atomic mass is 35.5. The number of halogens is 4. The van der Waals surface area contributed by atoms with Gasteiger partial charge in [-0.2, -0.15) is 0 Å². The average Bonchev–Trinajstić information content (AvgIpc) is 3.26. The Morgan fingerprint density at radius 3 is 1.34 bits per heavy atom. The van der Waals surface area contributed by atoms with Gasteiger partial charge in [-0.15, -0.1) is 24.8 Å². The van der Waals surface area contributed by atoms with Crippen molar-refractivity contribution >= 4 is 107 Å². The lowest BCUT2D eigenvalue weighted by Crippen LogP contribution is -2.38. The lowest BCUT2D eigenvalue weighted by atomic mass is 10.1. The molecule has 0 radical (unpaired) electrons. The van der Waals surface area contributed by atoms with Crippen molar-refractivity contribution in [2.45, 2.75) is 70.4 Å². The number of ketones is 1. The third-order valence-electron chi connectivity index (χ3n) is 9.12. The number of carbonyl (C=O) groups excluding carboxylic acids is 3. The molecule has 2 atom stereocenters. The fraction of sp³-hybridized carbons (Fsp3) is 0.366. The zero-order chi connectivity index (χ0) is 48.8. The van der Waals surface area contributed by atoms with E-state index in [1.807, 2.05) is 48.5 Å². The van der Waals surface area contributed by atoms with E-state index in [9.17, 15) is 19.2 Å². The smallest absolute Gasteiger partial charge is 0.320 e. The number of benzene rings is 2. The molecule has 2 amide bonds. The number of amides is 2. The van der Waals surface area contributed by atoms with Crippen LogP contribution in [0.25, 0.3) is 0 Å². The Labute approximate surface area is 414 Å². The van der Waals surface area contributed by atoms with Gasteiger partial charge in [-0.25, -0.2) is 19.9 Å². The third kappa shape index (κ3) is 21.4. The van der Waals surface area contributed by atoms with Crippen LogP contribution >= 0.6 is 48.0 Å². The van der Waals surface area contributed by atoms with Crippen LogP contribution in [0.1, 0.15) is 77.6 Å². The molecule has 0 aliphatic rings. The maximum absolute atomic E-state index is 12.2. The highest BCUT2D eigenvalue weighted by Crippen LogP contribution is 2.19. The molecule has 0 fully saturated rings. The third-order valence-corrected chi connectivity index (χ3v) is 9.67. The van der Waals surface area contributed by atoms with Gasteiger partial charge in [0.1, 0.15) is 23.3 Å². The minimum atomic E-state index is -1.05. The van der Waals surface area contributed by atoms with Gasteiger partial charge in [0, 0.05) is 25.9 Å². The first kappa shape index (κ1) is 59.5. The van der Waals surface area contributed by atoms with Crippen LogP contribution in [0, 0.1) is 0 Å². The number of Topliss-reactive ketones (excluding diaryl/α,β-unsaturated/α-hetero) is 1. The molecule has 2 aromatic heterocycles. The summed E-state index contributed by atoms with van der Waals surface area (Å²) < 4.78 is 11.1. The lowest BCUT2D eigenvalue weighted by Gasteiger charge is -2.10. The molecule has 0 bridgehead atoms. The second-order valence-corrected chi connectivity index (χ2v) is 15.1. The Hall–Kier alpha value is -6.50. The first-order valence-corrected chi connectivity index (χ1v) is 21.2. The molecule has 4 aromatic rings. The molecule has 0 aliphatic heterocycles. The van der Waals surface area contributed by atoms with Gasteiger partial charge in [0.05, 0.1) is 19.3 Å². The number of rotatable bonds is 22. The van der Waals surface area contributed by atoms with Gasteiger partial charge in [-0.3, -0.25) is 39.8 Å². The summed E-state index contributed by atoms with van der Waals surface area (Å²) in [7, 11) is 0. The van der Waals surface area contributed by atoms with E-state index < -0.39 is 29.9 Å². The summed E-state index contributed by atoms with van der Waals surface area (Å²) in [5, 5.41) is 13.3. The second-order valence-electron chi connectivity index (χ2n) is 14.3. The molecule has 4 rings (SSSR count). The number of hydrogen-bond acceptors (Lipinski definition) is 18. The number of carboxylic acid groups (broad SMARTS) is 1. The fourth-order valence-electron chi connectivity index (χ4n) is 5.37. The number of aromatic nitrogens is 4. The van der Waals surface area contributed by atoms with Crippen molar-refractivity contribution in [1.29, 1.82) is 0 Å². The van der Waals surface area contributed by atoms with Gasteiger partial charge in [0.25, 0.3) is 11.8 Å². The Bertz CT molecular complexity index is 2170. The van der Waals surface area contributed by atoms with Crippen molar-refractivity contribution in [3.63, 3.8) is 0 Å². The van der Waals surface area contributed by atoms with Crippen LogP contribution in [0.3, 0.4) is 0 Å². The molecule has 2 unspecified atom stereocenters. The number of hydrogen-bond donors (Lipinski definition) is 11. The number of aliphatic carboxylic acids is 1. The summed E-state index contributed by atoms with van der Waals surface area (Å²) in [5.74, 6) is -1.66. The standard InChI is InChI=1S/C21H29ClN8O3.C20H27ClN8O4.2ClH/c1-12(31)15(23)9-11-33-14-7-5-13(6-8-14)4-2-3-10-27-21(26)30-20(32)16-18(24)29-19(25)17(22)28-16;21-15-17(24)28-16(23)14(27-15)18(30)29-20(25)26-9-2-1-3-11-4-6-12(7-5-11)33-10-8-13(22)19(31)32;;/h5-8,15H,2-4,9-11,23H2,1H3,(H4,24,25,29)(H3,26,27,30,32);4-7,13H,1-3,8-10,22H2,(H,31,32)(H4,23,24,28)(H3,25,26,29,30);2*1H. The lowest BCUT2D eigenvalue weighted by molar-refractivity contribution is -0.138. The minimum Gasteiger partial charge on any atom is -0.494 e. The molecule has 68 heavy (non-hydrogen) atoms. The SMILES string of the molecule is CC(=O)C(N)CCOc1ccc(CCCCN=C(N)NC(=O)c2nc(Cl)c(N)nc2N)cc1.Cl.Cl.NC(=NCCCCc1ccc(OCCC(N)C(=O)O)cc1)NC(=O)c1nc(Cl)c(N)nc1N. The van der Waals surface area contributed by atoms with Crippen LogP contribution in [-0.2, 0) is 22.4 Å². The second kappa shape index (κ2) is 30.7. The number of nitrogen functional groups attached to an aromatic ring is 4. The molecule has 0 saturated heterocycles. The van der Waals surface area contributed by atoms with E-state index in [1.54, 1.807) is 0 Å². The molecule has 19 N–H and O–H groups in total. The minimum absolute atomic E-state index is 0. The maximum atomic E-state index is 12.2. The van der Waals surface area contributed by atoms with Gasteiger partial charge in [0.15, 0.2) is 56.9 Å². The Morgan fingerprint density at radius 2 is 0.985 bits per heavy atom. The van der Waals surface area contributed by atoms with Gasteiger partial charge in [-0.05, 0) is 80.8 Å². The van der Waals surface area contributed by atoms with Crippen LogP contribution < -0.4 is 66.0 Å². The largest absolute Gasteiger partial charge is 0.494 e. The zero-order valence-electron chi connectivity index (χ0n) is 37.0. The highest BCUT2D eigenvalue weighted by molar-refractivity contribution is 6.32. The van der Waals surface area contributed by atoms with Gasteiger partial charge >= 0.3 is 5.97 Å². The molecule has 372 valence electrons. The number of aryl methyl sites for hydroxylation is 2. The van der Waals surface area contributed by atoms with E-state index in [0.29, 0.717) is 31.9 Å². The van der Waals surface area contributed by atoms with Crippen molar-refractivity contribution < 1.29 is 33.8 Å². The number of guanidine groups is 2. The summed E-state index contributed by atoms with van der Waals surface area (Å²) in [4.78, 5) is 69.5. The molecule has 2 aromatic carbocycles. The molecular formula is C41H58Cl4N16O7. The van der Waals surface area contributed by atoms with E-state index in [0.717, 1.165) is 55.4 Å². The van der Waals surface area contributed by atoms with E-state index in [2.05, 4.69) is 40.6 Å². The maximum Gasteiger partial charge on any atom is 0.320 e. The number of unbranched alkanes of at least 4 members (excludes halogenated alkanes) is 2. The fourth-order valence-corrected chi connectivity index (χ4v) is 5.62. The van der Waals surface area contributed by atoms with E-state index in [-0.39, 0.29) is 101 Å². The van der Waals surface area contributed by atoms with Gasteiger partial charge < -0.3 is 60.4 Å². The predicted molar refractivity (Wildman–Crippen MR) is 267 cm³/mol. The molecule has 23 nitrogen and oxygen atoms in total.